The molecule has 0 amide bonds. The number of benzene rings is 1. The first-order valence-electron chi connectivity index (χ1n) is 7.42. The second kappa shape index (κ2) is 8.75. The molecule has 138 valence electrons. The number of esters is 1. The van der Waals surface area contributed by atoms with Crippen molar-refractivity contribution in [3.63, 3.8) is 0 Å². The van der Waals surface area contributed by atoms with E-state index in [0.29, 0.717) is 5.56 Å². The molecule has 1 rings (SSSR count). The predicted octanol–water partition coefficient (Wildman–Crippen LogP) is 0.697. The molecule has 0 saturated carbocycles. The van der Waals surface area contributed by atoms with E-state index in [2.05, 4.69) is 0 Å². The normalized spacial score (nSPS) is 14.4. The van der Waals surface area contributed by atoms with Crippen LogP contribution in [0, 0.1) is 0 Å². The van der Waals surface area contributed by atoms with Crippen LogP contribution >= 0.6 is 0 Å². The van der Waals surface area contributed by atoms with Crippen LogP contribution in [-0.2, 0) is 31.0 Å². The first kappa shape index (κ1) is 20.8. The van der Waals surface area contributed by atoms with Gasteiger partial charge in [0.2, 0.25) is 15.6 Å². The Kier molecular flexibility index (Phi) is 7.28. The maximum Gasteiger partial charge on any atom is 0.338 e. The van der Waals surface area contributed by atoms with Gasteiger partial charge in [-0.25, -0.2) is 22.3 Å². The number of carbonyl (C=O) groups is 2. The molecule has 0 radical (unpaired) electrons. The molecule has 0 aliphatic rings. The Morgan fingerprint density at radius 3 is 2.40 bits per heavy atom. The summed E-state index contributed by atoms with van der Waals surface area (Å²) in [4.78, 5) is 23.5. The third-order valence-electron chi connectivity index (χ3n) is 3.44. The van der Waals surface area contributed by atoms with E-state index >= 15 is 0 Å². The van der Waals surface area contributed by atoms with Gasteiger partial charge in [0.25, 0.3) is 0 Å². The van der Waals surface area contributed by atoms with Crippen LogP contribution in [0.15, 0.2) is 41.8 Å². The number of carboxylic acids is 1. The molecule has 1 unspecified atom stereocenters. The van der Waals surface area contributed by atoms with Crippen LogP contribution in [0.3, 0.4) is 0 Å². The van der Waals surface area contributed by atoms with E-state index in [4.69, 9.17) is 10.5 Å². The number of carboxylic acid groups (broad SMARTS) is 1. The first-order valence-corrected chi connectivity index (χ1v) is 8.92. The largest absolute Gasteiger partial charge is 0.479 e. The van der Waals surface area contributed by atoms with E-state index < -0.39 is 27.5 Å². The van der Waals surface area contributed by atoms with Crippen molar-refractivity contribution in [1.82, 2.24) is 4.31 Å². The Hall–Kier alpha value is -2.23. The fraction of sp³-hybridized carbons (Fsp3) is 0.375. The van der Waals surface area contributed by atoms with Crippen molar-refractivity contribution in [2.75, 3.05) is 14.1 Å². The van der Waals surface area contributed by atoms with E-state index in [-0.39, 0.29) is 19.4 Å². The number of nitrogens with zero attached hydrogens (tertiary/aromatic N) is 1. The molecule has 25 heavy (non-hydrogen) atoms. The zero-order valence-electron chi connectivity index (χ0n) is 14.1. The van der Waals surface area contributed by atoms with Crippen LogP contribution in [0.5, 0.6) is 0 Å². The van der Waals surface area contributed by atoms with Crippen molar-refractivity contribution in [2.24, 2.45) is 5.73 Å². The van der Waals surface area contributed by atoms with Crippen molar-refractivity contribution >= 4 is 22.0 Å². The van der Waals surface area contributed by atoms with Gasteiger partial charge in [0.05, 0.1) is 0 Å². The topological polar surface area (TPSA) is 127 Å². The number of aliphatic carboxylic acids is 1. The van der Waals surface area contributed by atoms with Gasteiger partial charge in [0.1, 0.15) is 6.61 Å². The zero-order chi connectivity index (χ0) is 19.1. The summed E-state index contributed by atoms with van der Waals surface area (Å²) in [5.74, 6) is -2.61. The lowest BCUT2D eigenvalue weighted by molar-refractivity contribution is -0.162. The molecule has 1 aromatic carbocycles. The highest BCUT2D eigenvalue weighted by Crippen LogP contribution is 2.15. The molecule has 0 aromatic heterocycles. The van der Waals surface area contributed by atoms with Crippen LogP contribution in [0.25, 0.3) is 0 Å². The summed E-state index contributed by atoms with van der Waals surface area (Å²) in [6, 6.07) is 8.75. The highest BCUT2D eigenvalue weighted by Gasteiger charge is 2.43. The summed E-state index contributed by atoms with van der Waals surface area (Å²) in [7, 11) is -0.822. The van der Waals surface area contributed by atoms with Gasteiger partial charge in [-0.2, -0.15) is 0 Å². The zero-order valence-corrected chi connectivity index (χ0v) is 14.9. The third-order valence-corrected chi connectivity index (χ3v) is 5.00. The van der Waals surface area contributed by atoms with Crippen LogP contribution < -0.4 is 5.73 Å². The molecular formula is C16H22N2O6S. The van der Waals surface area contributed by atoms with Crippen LogP contribution in [0.2, 0.25) is 0 Å². The lowest BCUT2D eigenvalue weighted by atomic mass is 9.95. The van der Waals surface area contributed by atoms with Crippen molar-refractivity contribution in [2.45, 2.75) is 25.0 Å². The van der Waals surface area contributed by atoms with Crippen molar-refractivity contribution in [3.05, 3.63) is 47.4 Å². The number of carbonyl (C=O) groups excluding carboxylic acids is 1. The number of sulfonamides is 1. The Morgan fingerprint density at radius 1 is 1.28 bits per heavy atom. The Labute approximate surface area is 146 Å². The number of nitrogens with two attached hydrogens (primary N) is 1. The number of rotatable bonds is 9. The Morgan fingerprint density at radius 2 is 1.88 bits per heavy atom. The van der Waals surface area contributed by atoms with E-state index in [9.17, 15) is 23.1 Å². The van der Waals surface area contributed by atoms with Gasteiger partial charge in [0, 0.05) is 19.5 Å². The monoisotopic (exact) mass is 370 g/mol. The van der Waals surface area contributed by atoms with Gasteiger partial charge < -0.3 is 15.6 Å². The number of hydrogen-bond donors (Lipinski definition) is 2. The van der Waals surface area contributed by atoms with Crippen LogP contribution in [0.4, 0.5) is 0 Å². The fourth-order valence-electron chi connectivity index (χ4n) is 1.77. The molecule has 9 heteroatoms. The Bertz CT molecular complexity index is 730. The summed E-state index contributed by atoms with van der Waals surface area (Å²) in [5.41, 5.74) is 4.14. The highest BCUT2D eigenvalue weighted by molar-refractivity contribution is 7.91. The molecule has 0 spiro atoms. The smallest absolute Gasteiger partial charge is 0.338 e. The van der Waals surface area contributed by atoms with E-state index in [0.717, 1.165) is 9.71 Å². The maximum atomic E-state index is 12.1. The van der Waals surface area contributed by atoms with Gasteiger partial charge in [-0.1, -0.05) is 36.4 Å². The first-order chi connectivity index (χ1) is 11.6. The lowest BCUT2D eigenvalue weighted by Gasteiger charge is -2.22. The van der Waals surface area contributed by atoms with E-state index in [1.807, 2.05) is 0 Å². The molecule has 8 nitrogen and oxygen atoms in total. The lowest BCUT2D eigenvalue weighted by Crippen LogP contribution is -2.55. The van der Waals surface area contributed by atoms with Crippen molar-refractivity contribution in [1.29, 1.82) is 0 Å². The Balaban J connectivity index is 2.71. The molecule has 0 heterocycles. The van der Waals surface area contributed by atoms with Crippen molar-refractivity contribution in [3.8, 4) is 0 Å². The molecular weight excluding hydrogens is 348 g/mol. The molecule has 0 fully saturated rings. The standard InChI is InChI=1S/C16H22N2O6S/c1-18(2)25(22,23)11-7-6-10-16(17,14(19)20)15(21)24-12-13-8-4-3-5-9-13/h3-5,7-9,11H,6,10,12,17H2,1-2H3,(H,19,20)/b11-7+. The second-order valence-corrected chi connectivity index (χ2v) is 7.61. The maximum absolute atomic E-state index is 12.1. The van der Waals surface area contributed by atoms with E-state index in [1.165, 1.54) is 20.2 Å². The summed E-state index contributed by atoms with van der Waals surface area (Å²) in [5, 5.41) is 10.2. The summed E-state index contributed by atoms with van der Waals surface area (Å²) >= 11 is 0. The second-order valence-electron chi connectivity index (χ2n) is 5.58. The number of allylic oxidation sites excluding steroid dienone is 1. The average molecular weight is 370 g/mol. The molecule has 0 saturated heterocycles. The number of ether oxygens (including phenoxy) is 1. The van der Waals surface area contributed by atoms with Gasteiger partial charge in [-0.3, -0.25) is 0 Å². The fourth-order valence-corrected chi connectivity index (χ4v) is 2.39. The predicted molar refractivity (Wildman–Crippen MR) is 91.8 cm³/mol. The highest BCUT2D eigenvalue weighted by atomic mass is 32.2. The van der Waals surface area contributed by atoms with Gasteiger partial charge >= 0.3 is 11.9 Å². The summed E-state index contributed by atoms with van der Waals surface area (Å²) in [6.07, 6.45) is 0.941. The quantitative estimate of drug-likeness (QED) is 0.484. The van der Waals surface area contributed by atoms with Gasteiger partial charge in [-0.05, 0) is 18.4 Å². The van der Waals surface area contributed by atoms with Gasteiger partial charge in [0.15, 0.2) is 0 Å². The molecule has 0 aliphatic heterocycles. The SMILES string of the molecule is CN(C)S(=O)(=O)/C=C/CCC(N)(C(=O)O)C(=O)OCc1ccccc1. The molecule has 3 N–H and O–H groups in total. The minimum absolute atomic E-state index is 0.0176. The molecule has 1 aromatic rings. The number of hydrogen-bond acceptors (Lipinski definition) is 6. The summed E-state index contributed by atoms with van der Waals surface area (Å²) in [6.45, 7) is -0.100. The van der Waals surface area contributed by atoms with Crippen molar-refractivity contribution < 1.29 is 27.9 Å². The minimum Gasteiger partial charge on any atom is -0.479 e. The van der Waals surface area contributed by atoms with E-state index in [1.54, 1.807) is 30.3 Å². The molecule has 0 aliphatic carbocycles. The molecule has 1 atom stereocenters. The van der Waals surface area contributed by atoms with Crippen LogP contribution in [-0.4, -0.2) is 49.4 Å². The third kappa shape index (κ3) is 5.96. The minimum atomic E-state index is -3.55. The molecule has 0 bridgehead atoms. The van der Waals surface area contributed by atoms with Crippen LogP contribution in [0.1, 0.15) is 18.4 Å². The summed E-state index contributed by atoms with van der Waals surface area (Å²) < 4.78 is 29.2. The average Bonchev–Trinajstić information content (AvgIpc) is 2.56. The van der Waals surface area contributed by atoms with Gasteiger partial charge in [-0.15, -0.1) is 0 Å².